The van der Waals surface area contributed by atoms with E-state index < -0.39 is 15.4 Å². The van der Waals surface area contributed by atoms with Gasteiger partial charge < -0.3 is 4.98 Å². The van der Waals surface area contributed by atoms with Gasteiger partial charge in [-0.15, -0.1) is 0 Å². The minimum Gasteiger partial charge on any atom is -0.325 e. The zero-order valence-corrected chi connectivity index (χ0v) is 11.8. The number of hydrogen-bond acceptors (Lipinski definition) is 4. The molecule has 0 bridgehead atoms. The van der Waals surface area contributed by atoms with Crippen LogP contribution in [0.3, 0.4) is 0 Å². The van der Waals surface area contributed by atoms with Gasteiger partial charge in [-0.05, 0) is 30.7 Å². The monoisotopic (exact) mass is 288 g/mol. The van der Waals surface area contributed by atoms with Gasteiger partial charge in [0.15, 0.2) is 9.84 Å². The van der Waals surface area contributed by atoms with Crippen molar-refractivity contribution in [1.29, 1.82) is 5.26 Å². The lowest BCUT2D eigenvalue weighted by molar-refractivity contribution is 0.602. The highest BCUT2D eigenvalue weighted by Crippen LogP contribution is 2.23. The molecule has 1 N–H and O–H groups in total. The molecule has 0 spiro atoms. The fourth-order valence-electron chi connectivity index (χ4n) is 1.89. The van der Waals surface area contributed by atoms with Crippen molar-refractivity contribution in [3.8, 4) is 17.2 Å². The molecule has 1 aromatic heterocycles. The molecular weight excluding hydrogens is 276 g/mol. The Kier molecular flexibility index (Phi) is 3.47. The number of nitrogens with one attached hydrogen (secondary N) is 1. The Balaban J connectivity index is 2.58. The van der Waals surface area contributed by atoms with Crippen LogP contribution in [0.2, 0.25) is 0 Å². The summed E-state index contributed by atoms with van der Waals surface area (Å²) in [6, 6.07) is 9.64. The van der Waals surface area contributed by atoms with Crippen molar-refractivity contribution in [2.75, 3.05) is 6.26 Å². The number of H-pyrrole nitrogens is 1. The van der Waals surface area contributed by atoms with Crippen LogP contribution >= 0.6 is 0 Å². The van der Waals surface area contributed by atoms with Crippen molar-refractivity contribution >= 4 is 9.84 Å². The van der Waals surface area contributed by atoms with Gasteiger partial charge in [-0.3, -0.25) is 4.79 Å². The Morgan fingerprint density at radius 3 is 2.30 bits per heavy atom. The Morgan fingerprint density at radius 2 is 1.80 bits per heavy atom. The second-order valence-corrected chi connectivity index (χ2v) is 6.47. The lowest BCUT2D eigenvalue weighted by Gasteiger charge is -2.07. The van der Waals surface area contributed by atoms with E-state index >= 15 is 0 Å². The maximum absolute atomic E-state index is 11.5. The first-order valence-corrected chi connectivity index (χ1v) is 7.66. The van der Waals surface area contributed by atoms with E-state index in [2.05, 4.69) is 4.98 Å². The maximum atomic E-state index is 11.5. The highest BCUT2D eigenvalue weighted by Gasteiger charge is 2.10. The number of aromatic nitrogens is 1. The van der Waals surface area contributed by atoms with Crippen LogP contribution in [-0.2, 0) is 9.84 Å². The number of nitrogens with zero attached hydrogens (tertiary/aromatic N) is 1. The quantitative estimate of drug-likeness (QED) is 0.909. The molecule has 0 amide bonds. The van der Waals surface area contributed by atoms with E-state index in [9.17, 15) is 13.2 Å². The molecule has 1 heterocycles. The van der Waals surface area contributed by atoms with Gasteiger partial charge in [0.1, 0.15) is 11.6 Å². The van der Waals surface area contributed by atoms with Crippen molar-refractivity contribution in [1.82, 2.24) is 4.98 Å². The third kappa shape index (κ3) is 2.63. The first kappa shape index (κ1) is 14.0. The van der Waals surface area contributed by atoms with Crippen LogP contribution in [0, 0.1) is 18.3 Å². The van der Waals surface area contributed by atoms with E-state index in [4.69, 9.17) is 5.26 Å². The Labute approximate surface area is 116 Å². The lowest BCUT2D eigenvalue weighted by atomic mass is 10.0. The van der Waals surface area contributed by atoms with Crippen LogP contribution in [0.1, 0.15) is 11.3 Å². The van der Waals surface area contributed by atoms with Gasteiger partial charge >= 0.3 is 0 Å². The molecule has 5 nitrogen and oxygen atoms in total. The molecule has 0 saturated carbocycles. The van der Waals surface area contributed by atoms with Gasteiger partial charge in [0.2, 0.25) is 0 Å². The Morgan fingerprint density at radius 1 is 1.20 bits per heavy atom. The number of aromatic amines is 1. The van der Waals surface area contributed by atoms with Gasteiger partial charge in [0.25, 0.3) is 5.56 Å². The van der Waals surface area contributed by atoms with Gasteiger partial charge in [0.05, 0.1) is 4.90 Å². The number of rotatable bonds is 2. The zero-order valence-electron chi connectivity index (χ0n) is 11.0. The molecule has 20 heavy (non-hydrogen) atoms. The van der Waals surface area contributed by atoms with E-state index in [-0.39, 0.29) is 10.5 Å². The molecule has 2 rings (SSSR count). The second kappa shape index (κ2) is 4.94. The summed E-state index contributed by atoms with van der Waals surface area (Å²) in [4.78, 5) is 14.3. The van der Waals surface area contributed by atoms with Crippen molar-refractivity contribution in [2.24, 2.45) is 0 Å². The number of sulfone groups is 1. The number of benzene rings is 1. The van der Waals surface area contributed by atoms with E-state index in [0.29, 0.717) is 11.3 Å². The van der Waals surface area contributed by atoms with Crippen LogP contribution in [0.5, 0.6) is 0 Å². The van der Waals surface area contributed by atoms with Crippen molar-refractivity contribution in [2.45, 2.75) is 11.8 Å². The molecule has 2 aromatic rings. The SMILES string of the molecule is Cc1[nH]c(=O)c(C#N)cc1-c1ccc(S(C)(=O)=O)cc1. The summed E-state index contributed by atoms with van der Waals surface area (Å²) in [5, 5.41) is 8.88. The summed E-state index contributed by atoms with van der Waals surface area (Å²) in [6.07, 6.45) is 1.14. The molecule has 6 heteroatoms. The molecule has 1 aromatic carbocycles. The molecule has 0 radical (unpaired) electrons. The standard InChI is InChI=1S/C14H12N2O3S/c1-9-13(7-11(8-15)14(17)16-9)10-3-5-12(6-4-10)20(2,18)19/h3-7H,1-2H3,(H,16,17). The highest BCUT2D eigenvalue weighted by molar-refractivity contribution is 7.90. The molecule has 0 aliphatic carbocycles. The number of aryl methyl sites for hydroxylation is 1. The molecule has 0 fully saturated rings. The predicted octanol–water partition coefficient (Wildman–Crippen LogP) is 1.63. The van der Waals surface area contributed by atoms with E-state index in [1.54, 1.807) is 19.1 Å². The molecule has 0 unspecified atom stereocenters. The summed E-state index contributed by atoms with van der Waals surface area (Å²) in [5.74, 6) is 0. The average molecular weight is 288 g/mol. The van der Waals surface area contributed by atoms with Crippen LogP contribution in [0.15, 0.2) is 40.0 Å². The fourth-order valence-corrected chi connectivity index (χ4v) is 2.52. The van der Waals surface area contributed by atoms with E-state index in [1.807, 2.05) is 6.07 Å². The van der Waals surface area contributed by atoms with Gasteiger partial charge in [0, 0.05) is 17.5 Å². The summed E-state index contributed by atoms with van der Waals surface area (Å²) in [5.41, 5.74) is 1.66. The van der Waals surface area contributed by atoms with Gasteiger partial charge in [-0.1, -0.05) is 12.1 Å². The number of nitriles is 1. The largest absolute Gasteiger partial charge is 0.325 e. The first-order chi connectivity index (χ1) is 9.32. The number of hydrogen-bond donors (Lipinski definition) is 1. The zero-order chi connectivity index (χ0) is 14.9. The summed E-state index contributed by atoms with van der Waals surface area (Å²) in [6.45, 7) is 1.72. The number of pyridine rings is 1. The van der Waals surface area contributed by atoms with Crippen LogP contribution in [-0.4, -0.2) is 19.7 Å². The highest BCUT2D eigenvalue weighted by atomic mass is 32.2. The van der Waals surface area contributed by atoms with E-state index in [1.165, 1.54) is 18.2 Å². The van der Waals surface area contributed by atoms with Gasteiger partial charge in [-0.25, -0.2) is 8.42 Å². The molecular formula is C14H12N2O3S. The van der Waals surface area contributed by atoms with Crippen LogP contribution in [0.25, 0.3) is 11.1 Å². The van der Waals surface area contributed by atoms with E-state index in [0.717, 1.165) is 11.8 Å². The molecule has 0 aliphatic rings. The third-order valence-electron chi connectivity index (χ3n) is 2.95. The topological polar surface area (TPSA) is 90.8 Å². The van der Waals surface area contributed by atoms with Crippen LogP contribution in [0.4, 0.5) is 0 Å². The third-order valence-corrected chi connectivity index (χ3v) is 4.08. The van der Waals surface area contributed by atoms with Crippen molar-refractivity contribution < 1.29 is 8.42 Å². The Hall–Kier alpha value is -2.39. The Bertz CT molecular complexity index is 857. The summed E-state index contributed by atoms with van der Waals surface area (Å²) in [7, 11) is -3.24. The van der Waals surface area contributed by atoms with Crippen LogP contribution < -0.4 is 5.56 Å². The summed E-state index contributed by atoms with van der Waals surface area (Å²) >= 11 is 0. The van der Waals surface area contributed by atoms with Crippen molar-refractivity contribution in [3.63, 3.8) is 0 Å². The molecule has 0 aliphatic heterocycles. The molecule has 0 atom stereocenters. The van der Waals surface area contributed by atoms with Crippen molar-refractivity contribution in [3.05, 3.63) is 51.9 Å². The summed E-state index contributed by atoms with van der Waals surface area (Å²) < 4.78 is 22.8. The predicted molar refractivity (Wildman–Crippen MR) is 75.1 cm³/mol. The smallest absolute Gasteiger partial charge is 0.266 e. The average Bonchev–Trinajstić information content (AvgIpc) is 2.38. The maximum Gasteiger partial charge on any atom is 0.266 e. The normalized spacial score (nSPS) is 11.1. The first-order valence-electron chi connectivity index (χ1n) is 5.77. The minimum absolute atomic E-state index is 0.0257. The molecule has 102 valence electrons. The lowest BCUT2D eigenvalue weighted by Crippen LogP contribution is -2.11. The molecule has 0 saturated heterocycles. The second-order valence-electron chi connectivity index (χ2n) is 4.46. The van der Waals surface area contributed by atoms with Gasteiger partial charge in [-0.2, -0.15) is 5.26 Å². The fraction of sp³-hybridized carbons (Fsp3) is 0.143. The minimum atomic E-state index is -3.24.